The minimum Gasteiger partial charge on any atom is -0.497 e. The molecule has 3 aromatic carbocycles. The molecule has 2 unspecified atom stereocenters. The Balaban J connectivity index is 1.38. The molecule has 1 heterocycles. The van der Waals surface area contributed by atoms with Gasteiger partial charge < -0.3 is 14.4 Å². The van der Waals surface area contributed by atoms with Crippen molar-refractivity contribution in [3.8, 4) is 5.75 Å². The van der Waals surface area contributed by atoms with Crippen molar-refractivity contribution in [3.05, 3.63) is 102 Å². The third-order valence-corrected chi connectivity index (χ3v) is 7.17. The molecule has 4 nitrogen and oxygen atoms in total. The summed E-state index contributed by atoms with van der Waals surface area (Å²) >= 11 is 1.84. The number of ether oxygens (including phenoxy) is 2. The van der Waals surface area contributed by atoms with Gasteiger partial charge in [-0.3, -0.25) is 4.79 Å². The number of rotatable bonds is 11. The highest BCUT2D eigenvalue weighted by molar-refractivity contribution is 7.98. The first kappa shape index (κ1) is 23.4. The van der Waals surface area contributed by atoms with Crippen LogP contribution in [0.1, 0.15) is 23.1 Å². The topological polar surface area (TPSA) is 38.8 Å². The minimum atomic E-state index is 0.0299. The van der Waals surface area contributed by atoms with Crippen molar-refractivity contribution >= 4 is 17.7 Å². The zero-order valence-electron chi connectivity index (χ0n) is 19.1. The number of benzene rings is 3. The Bertz CT molecular complexity index is 995. The molecular formula is C28H31NO3S. The predicted octanol–water partition coefficient (Wildman–Crippen LogP) is 5.56. The number of thioether (sulfide) groups is 1. The van der Waals surface area contributed by atoms with Crippen LogP contribution >= 0.6 is 11.8 Å². The van der Waals surface area contributed by atoms with Gasteiger partial charge in [0, 0.05) is 24.0 Å². The SMILES string of the molecule is COc1ccc(CN2C(=O)C(CSCc3ccccc3)CC2COCc2ccccc2)cc1. The van der Waals surface area contributed by atoms with Crippen LogP contribution in [-0.2, 0) is 28.4 Å². The van der Waals surface area contributed by atoms with Crippen LogP contribution in [0.2, 0.25) is 0 Å². The number of hydrogen-bond acceptors (Lipinski definition) is 4. The summed E-state index contributed by atoms with van der Waals surface area (Å²) in [6.07, 6.45) is 0.839. The molecule has 1 amide bonds. The Morgan fingerprint density at radius 1 is 0.879 bits per heavy atom. The van der Waals surface area contributed by atoms with Gasteiger partial charge in [0.05, 0.1) is 26.4 Å². The highest BCUT2D eigenvalue weighted by Gasteiger charge is 2.39. The maximum Gasteiger partial charge on any atom is 0.227 e. The fourth-order valence-corrected chi connectivity index (χ4v) is 5.29. The summed E-state index contributed by atoms with van der Waals surface area (Å²) in [5, 5.41) is 0. The fraction of sp³-hybridized carbons (Fsp3) is 0.321. The lowest BCUT2D eigenvalue weighted by atomic mass is 10.1. The molecule has 33 heavy (non-hydrogen) atoms. The van der Waals surface area contributed by atoms with Crippen LogP contribution in [0, 0.1) is 5.92 Å². The molecular weight excluding hydrogens is 430 g/mol. The fourth-order valence-electron chi connectivity index (χ4n) is 4.18. The molecule has 0 saturated carbocycles. The lowest BCUT2D eigenvalue weighted by Gasteiger charge is -2.25. The van der Waals surface area contributed by atoms with Gasteiger partial charge in [-0.05, 0) is 35.2 Å². The monoisotopic (exact) mass is 461 g/mol. The van der Waals surface area contributed by atoms with Crippen LogP contribution in [0.25, 0.3) is 0 Å². The van der Waals surface area contributed by atoms with Crippen LogP contribution in [0.3, 0.4) is 0 Å². The first-order valence-corrected chi connectivity index (χ1v) is 12.5. The molecule has 2 atom stereocenters. The molecule has 4 rings (SSSR count). The molecule has 3 aromatic rings. The Kier molecular flexibility index (Phi) is 8.45. The van der Waals surface area contributed by atoms with E-state index in [1.54, 1.807) is 7.11 Å². The molecule has 0 aliphatic carbocycles. The smallest absolute Gasteiger partial charge is 0.227 e. The van der Waals surface area contributed by atoms with E-state index >= 15 is 0 Å². The van der Waals surface area contributed by atoms with Gasteiger partial charge in [-0.25, -0.2) is 0 Å². The number of likely N-dealkylation sites (tertiary alicyclic amines) is 1. The molecule has 0 N–H and O–H groups in total. The molecule has 1 aliphatic rings. The summed E-state index contributed by atoms with van der Waals surface area (Å²) in [5.74, 6) is 2.85. The zero-order chi connectivity index (χ0) is 22.9. The molecule has 1 saturated heterocycles. The highest BCUT2D eigenvalue weighted by atomic mass is 32.2. The number of methoxy groups -OCH3 is 1. The maximum atomic E-state index is 13.4. The molecule has 1 aliphatic heterocycles. The molecule has 0 spiro atoms. The van der Waals surface area contributed by atoms with Gasteiger partial charge in [0.25, 0.3) is 0 Å². The van der Waals surface area contributed by atoms with Crippen molar-refractivity contribution in [2.75, 3.05) is 19.5 Å². The average Bonchev–Trinajstić information content (AvgIpc) is 3.15. The number of hydrogen-bond donors (Lipinski definition) is 0. The average molecular weight is 462 g/mol. The van der Waals surface area contributed by atoms with Gasteiger partial charge in [0.2, 0.25) is 5.91 Å². The van der Waals surface area contributed by atoms with E-state index in [1.165, 1.54) is 5.56 Å². The highest BCUT2D eigenvalue weighted by Crippen LogP contribution is 2.31. The van der Waals surface area contributed by atoms with E-state index in [0.29, 0.717) is 19.8 Å². The van der Waals surface area contributed by atoms with E-state index < -0.39 is 0 Å². The second-order valence-electron chi connectivity index (χ2n) is 8.40. The predicted molar refractivity (Wildman–Crippen MR) is 134 cm³/mol. The van der Waals surface area contributed by atoms with Crippen molar-refractivity contribution in [2.24, 2.45) is 5.92 Å². The second-order valence-corrected chi connectivity index (χ2v) is 9.43. The van der Waals surface area contributed by atoms with Crippen molar-refractivity contribution < 1.29 is 14.3 Å². The Hall–Kier alpha value is -2.76. The van der Waals surface area contributed by atoms with Gasteiger partial charge in [0.15, 0.2) is 0 Å². The summed E-state index contributed by atoms with van der Waals surface area (Å²) in [7, 11) is 1.66. The summed E-state index contributed by atoms with van der Waals surface area (Å²) in [6.45, 7) is 1.72. The van der Waals surface area contributed by atoms with Gasteiger partial charge in [0.1, 0.15) is 5.75 Å². The molecule has 1 fully saturated rings. The standard InChI is InChI=1S/C28H31NO3S/c1-31-27-14-12-22(13-15-27)17-29-26(19-32-18-23-8-4-2-5-9-23)16-25(28(29)30)21-33-20-24-10-6-3-7-11-24/h2-15,25-26H,16-21H2,1H3. The van der Waals surface area contributed by atoms with Crippen LogP contribution in [0.5, 0.6) is 5.75 Å². The quantitative estimate of drug-likeness (QED) is 0.375. The molecule has 0 aromatic heterocycles. The largest absolute Gasteiger partial charge is 0.497 e. The Labute approximate surface area is 200 Å². The van der Waals surface area contributed by atoms with Crippen LogP contribution in [-0.4, -0.2) is 36.3 Å². The van der Waals surface area contributed by atoms with Gasteiger partial charge in [-0.1, -0.05) is 72.8 Å². The van der Waals surface area contributed by atoms with E-state index in [4.69, 9.17) is 9.47 Å². The number of amides is 1. The van der Waals surface area contributed by atoms with Crippen molar-refractivity contribution in [2.45, 2.75) is 31.4 Å². The first-order valence-electron chi connectivity index (χ1n) is 11.4. The van der Waals surface area contributed by atoms with Gasteiger partial charge in [-0.15, -0.1) is 0 Å². The summed E-state index contributed by atoms with van der Waals surface area (Å²) < 4.78 is 11.3. The summed E-state index contributed by atoms with van der Waals surface area (Å²) in [4.78, 5) is 15.4. The minimum absolute atomic E-state index is 0.0299. The van der Waals surface area contributed by atoms with E-state index in [2.05, 4.69) is 36.4 Å². The zero-order valence-corrected chi connectivity index (χ0v) is 19.9. The first-order chi connectivity index (χ1) is 16.2. The molecule has 172 valence electrons. The number of nitrogens with zero attached hydrogens (tertiary/aromatic N) is 1. The van der Waals surface area contributed by atoms with Gasteiger partial charge >= 0.3 is 0 Å². The van der Waals surface area contributed by atoms with E-state index in [1.807, 2.05) is 65.2 Å². The maximum absolute atomic E-state index is 13.4. The van der Waals surface area contributed by atoms with E-state index in [0.717, 1.165) is 34.8 Å². The van der Waals surface area contributed by atoms with Gasteiger partial charge in [-0.2, -0.15) is 11.8 Å². The van der Waals surface area contributed by atoms with Crippen LogP contribution in [0.15, 0.2) is 84.9 Å². The lowest BCUT2D eigenvalue weighted by molar-refractivity contribution is -0.132. The third kappa shape index (κ3) is 6.62. The number of carbonyl (C=O) groups is 1. The van der Waals surface area contributed by atoms with Crippen molar-refractivity contribution in [1.29, 1.82) is 0 Å². The Morgan fingerprint density at radius 2 is 1.55 bits per heavy atom. The summed E-state index contributed by atoms with van der Waals surface area (Å²) in [6, 6.07) is 28.7. The van der Waals surface area contributed by atoms with Crippen molar-refractivity contribution in [1.82, 2.24) is 4.90 Å². The van der Waals surface area contributed by atoms with E-state index in [9.17, 15) is 4.79 Å². The summed E-state index contributed by atoms with van der Waals surface area (Å²) in [5.41, 5.74) is 3.55. The van der Waals surface area contributed by atoms with E-state index in [-0.39, 0.29) is 17.9 Å². The molecule has 0 radical (unpaired) electrons. The second kappa shape index (κ2) is 11.9. The Morgan fingerprint density at radius 3 is 2.21 bits per heavy atom. The van der Waals surface area contributed by atoms with Crippen LogP contribution < -0.4 is 4.74 Å². The van der Waals surface area contributed by atoms with Crippen LogP contribution in [0.4, 0.5) is 0 Å². The lowest BCUT2D eigenvalue weighted by Crippen LogP contribution is -2.36. The molecule has 5 heteroatoms. The third-order valence-electron chi connectivity index (χ3n) is 5.99. The molecule has 0 bridgehead atoms. The normalized spacial score (nSPS) is 18.0. The van der Waals surface area contributed by atoms with Crippen molar-refractivity contribution in [3.63, 3.8) is 0 Å². The number of carbonyl (C=O) groups excluding carboxylic acids is 1.